The minimum absolute atomic E-state index is 0.104. The molecule has 3 aliphatic rings. The molecule has 2 aromatic carbocycles. The van der Waals surface area contributed by atoms with E-state index < -0.39 is 0 Å². The van der Waals surface area contributed by atoms with E-state index >= 15 is 0 Å². The van der Waals surface area contributed by atoms with Gasteiger partial charge in [-0.25, -0.2) is 0 Å². The van der Waals surface area contributed by atoms with Gasteiger partial charge in [0.1, 0.15) is 5.75 Å². The Hall–Kier alpha value is -2.49. The van der Waals surface area contributed by atoms with Crippen LogP contribution in [0.15, 0.2) is 30.3 Å². The fourth-order valence-corrected chi connectivity index (χ4v) is 4.20. The highest BCUT2D eigenvalue weighted by molar-refractivity contribution is 6.13. The molecule has 3 N–H and O–H groups in total. The molecule has 0 radical (unpaired) electrons. The molecule has 1 amide bonds. The number of nitrogens with one attached hydrogen (secondary N) is 2. The highest BCUT2D eigenvalue weighted by Gasteiger charge is 2.31. The lowest BCUT2D eigenvalue weighted by atomic mass is 9.78. The topological polar surface area (TPSA) is 61.4 Å². The number of fused-ring (bicyclic) bond motifs is 2. The molecular weight excluding hydrogens is 312 g/mol. The summed E-state index contributed by atoms with van der Waals surface area (Å²) < 4.78 is 0. The number of para-hydroxylation sites is 1. The molecule has 0 aromatic heterocycles. The molecule has 2 aliphatic carbocycles. The summed E-state index contributed by atoms with van der Waals surface area (Å²) in [5.41, 5.74) is 5.66. The zero-order valence-corrected chi connectivity index (χ0v) is 14.1. The number of benzene rings is 2. The van der Waals surface area contributed by atoms with Gasteiger partial charge in [-0.15, -0.1) is 0 Å². The average molecular weight is 334 g/mol. The fourth-order valence-electron chi connectivity index (χ4n) is 4.20. The maximum atomic E-state index is 12.8. The van der Waals surface area contributed by atoms with E-state index in [0.717, 1.165) is 29.8 Å². The van der Waals surface area contributed by atoms with Crippen LogP contribution in [-0.4, -0.2) is 11.0 Å². The van der Waals surface area contributed by atoms with Gasteiger partial charge in [0.25, 0.3) is 5.91 Å². The summed E-state index contributed by atoms with van der Waals surface area (Å²) in [6.45, 7) is 0. The van der Waals surface area contributed by atoms with Crippen LogP contribution in [0.3, 0.4) is 0 Å². The number of carbonyl (C=O) groups excluding carboxylic acids is 1. The van der Waals surface area contributed by atoms with Crippen molar-refractivity contribution in [2.45, 2.75) is 50.4 Å². The van der Waals surface area contributed by atoms with Crippen molar-refractivity contribution >= 4 is 23.0 Å². The van der Waals surface area contributed by atoms with Crippen molar-refractivity contribution in [1.82, 2.24) is 0 Å². The molecule has 25 heavy (non-hydrogen) atoms. The first-order valence-corrected chi connectivity index (χ1v) is 9.29. The lowest BCUT2D eigenvalue weighted by Crippen LogP contribution is -2.14. The summed E-state index contributed by atoms with van der Waals surface area (Å²) in [4.78, 5) is 12.8. The van der Waals surface area contributed by atoms with Crippen molar-refractivity contribution in [1.29, 1.82) is 0 Å². The number of amides is 1. The minimum Gasteiger partial charge on any atom is -0.508 e. The summed E-state index contributed by atoms with van der Waals surface area (Å²) in [6, 6.07) is 9.52. The summed E-state index contributed by atoms with van der Waals surface area (Å²) in [7, 11) is 0. The number of hydrogen-bond donors (Lipinski definition) is 3. The molecule has 5 rings (SSSR count). The van der Waals surface area contributed by atoms with Gasteiger partial charge in [0.2, 0.25) is 0 Å². The predicted molar refractivity (Wildman–Crippen MR) is 99.0 cm³/mol. The van der Waals surface area contributed by atoms with Crippen LogP contribution in [-0.2, 0) is 0 Å². The van der Waals surface area contributed by atoms with Crippen molar-refractivity contribution < 1.29 is 9.90 Å². The number of phenols is 1. The Labute approximate surface area is 147 Å². The number of hydrogen-bond acceptors (Lipinski definition) is 3. The molecule has 0 saturated heterocycles. The second-order valence-electron chi connectivity index (χ2n) is 7.56. The van der Waals surface area contributed by atoms with E-state index in [0.29, 0.717) is 23.1 Å². The average Bonchev–Trinajstić information content (AvgIpc) is 2.61. The van der Waals surface area contributed by atoms with E-state index in [9.17, 15) is 9.90 Å². The molecule has 1 aliphatic heterocycles. The van der Waals surface area contributed by atoms with E-state index in [4.69, 9.17) is 0 Å². The van der Waals surface area contributed by atoms with Gasteiger partial charge >= 0.3 is 0 Å². The molecule has 2 saturated carbocycles. The molecule has 0 bridgehead atoms. The highest BCUT2D eigenvalue weighted by Crippen LogP contribution is 2.49. The zero-order chi connectivity index (χ0) is 17.0. The van der Waals surface area contributed by atoms with E-state index in [2.05, 4.69) is 16.7 Å². The van der Waals surface area contributed by atoms with Crippen molar-refractivity contribution in [2.75, 3.05) is 10.6 Å². The van der Waals surface area contributed by atoms with Gasteiger partial charge in [-0.1, -0.05) is 25.0 Å². The molecular formula is C21H22N2O2. The Morgan fingerprint density at radius 1 is 0.880 bits per heavy atom. The summed E-state index contributed by atoms with van der Waals surface area (Å²) in [5, 5.41) is 16.7. The van der Waals surface area contributed by atoms with Crippen LogP contribution in [0.4, 0.5) is 17.1 Å². The van der Waals surface area contributed by atoms with Crippen LogP contribution < -0.4 is 10.6 Å². The molecule has 2 fully saturated rings. The van der Waals surface area contributed by atoms with Crippen molar-refractivity contribution in [3.63, 3.8) is 0 Å². The second kappa shape index (κ2) is 5.51. The van der Waals surface area contributed by atoms with Gasteiger partial charge in [-0.05, 0) is 60.8 Å². The van der Waals surface area contributed by atoms with Crippen LogP contribution >= 0.6 is 0 Å². The minimum atomic E-state index is -0.104. The fraction of sp³-hybridized carbons (Fsp3) is 0.381. The SMILES string of the molecule is O=C1Nc2cc(O)cc(C3CCC3)c2Nc2c1cccc2C1CCC1. The summed E-state index contributed by atoms with van der Waals surface area (Å²) in [5.74, 6) is 1.12. The molecule has 0 unspecified atom stereocenters. The Morgan fingerprint density at radius 3 is 2.28 bits per heavy atom. The van der Waals surface area contributed by atoms with Gasteiger partial charge in [-0.2, -0.15) is 0 Å². The van der Waals surface area contributed by atoms with Crippen molar-refractivity contribution in [3.8, 4) is 5.75 Å². The summed E-state index contributed by atoms with van der Waals surface area (Å²) >= 11 is 0. The number of aromatic hydroxyl groups is 1. The Bertz CT molecular complexity index is 866. The van der Waals surface area contributed by atoms with Gasteiger partial charge in [0.15, 0.2) is 0 Å². The number of anilines is 3. The van der Waals surface area contributed by atoms with E-state index in [1.807, 2.05) is 18.2 Å². The molecule has 0 atom stereocenters. The lowest BCUT2D eigenvalue weighted by molar-refractivity contribution is 0.102. The standard InChI is InChI=1S/C21H22N2O2/c24-14-10-17(13-6-2-7-13)20-18(11-14)22-21(25)16-9-3-8-15(19(16)23-20)12-4-1-5-12/h3,8-13,23-24H,1-2,4-7H2,(H,22,25). The molecule has 0 spiro atoms. The molecule has 1 heterocycles. The van der Waals surface area contributed by atoms with Gasteiger partial charge in [0.05, 0.1) is 22.6 Å². The van der Waals surface area contributed by atoms with Crippen LogP contribution in [0.5, 0.6) is 5.75 Å². The summed E-state index contributed by atoms with van der Waals surface area (Å²) in [6.07, 6.45) is 7.16. The van der Waals surface area contributed by atoms with Gasteiger partial charge in [-0.3, -0.25) is 4.79 Å². The van der Waals surface area contributed by atoms with E-state index in [-0.39, 0.29) is 11.7 Å². The third-order valence-corrected chi connectivity index (χ3v) is 6.08. The maximum Gasteiger partial charge on any atom is 0.257 e. The second-order valence-corrected chi connectivity index (χ2v) is 7.56. The van der Waals surface area contributed by atoms with Crippen molar-refractivity contribution in [3.05, 3.63) is 47.0 Å². The van der Waals surface area contributed by atoms with Crippen molar-refractivity contribution in [2.24, 2.45) is 0 Å². The molecule has 4 nitrogen and oxygen atoms in total. The number of phenolic OH excluding ortho intramolecular Hbond substituents is 1. The Morgan fingerprint density at radius 2 is 1.60 bits per heavy atom. The monoisotopic (exact) mass is 334 g/mol. The van der Waals surface area contributed by atoms with Crippen LogP contribution in [0.1, 0.15) is 71.8 Å². The molecule has 2 aromatic rings. The van der Waals surface area contributed by atoms with Crippen LogP contribution in [0.2, 0.25) is 0 Å². The quantitative estimate of drug-likeness (QED) is 0.658. The first kappa shape index (κ1) is 14.8. The molecule has 4 heteroatoms. The van der Waals surface area contributed by atoms with Crippen LogP contribution in [0.25, 0.3) is 0 Å². The Balaban J connectivity index is 1.68. The van der Waals surface area contributed by atoms with E-state index in [1.165, 1.54) is 31.2 Å². The number of rotatable bonds is 2. The highest BCUT2D eigenvalue weighted by atomic mass is 16.3. The van der Waals surface area contributed by atoms with E-state index in [1.54, 1.807) is 6.07 Å². The Kier molecular flexibility index (Phi) is 3.27. The first-order valence-electron chi connectivity index (χ1n) is 9.29. The third-order valence-electron chi connectivity index (χ3n) is 6.08. The smallest absolute Gasteiger partial charge is 0.257 e. The third kappa shape index (κ3) is 2.31. The van der Waals surface area contributed by atoms with Crippen LogP contribution in [0, 0.1) is 0 Å². The zero-order valence-electron chi connectivity index (χ0n) is 14.1. The largest absolute Gasteiger partial charge is 0.508 e. The maximum absolute atomic E-state index is 12.8. The predicted octanol–water partition coefficient (Wildman–Crippen LogP) is 5.24. The first-order chi connectivity index (χ1) is 12.2. The normalized spacial score (nSPS) is 19.6. The number of carbonyl (C=O) groups is 1. The van der Waals surface area contributed by atoms with Gasteiger partial charge in [0, 0.05) is 6.07 Å². The lowest BCUT2D eigenvalue weighted by Gasteiger charge is -2.31. The molecule has 128 valence electrons. The van der Waals surface area contributed by atoms with Gasteiger partial charge < -0.3 is 15.7 Å².